The second-order valence-electron chi connectivity index (χ2n) is 5.49. The molecule has 1 amide bonds. The first kappa shape index (κ1) is 17.3. The van der Waals surface area contributed by atoms with Gasteiger partial charge in [0.15, 0.2) is 0 Å². The number of carbonyl (C=O) groups is 1. The maximum absolute atomic E-state index is 12.5. The van der Waals surface area contributed by atoms with Gasteiger partial charge >= 0.3 is 0 Å². The number of nitrogens with zero attached hydrogens (tertiary/aromatic N) is 1. The van der Waals surface area contributed by atoms with Crippen molar-refractivity contribution in [1.29, 1.82) is 5.26 Å². The maximum atomic E-state index is 12.5. The van der Waals surface area contributed by atoms with Gasteiger partial charge in [0.05, 0.1) is 6.04 Å². The predicted molar refractivity (Wildman–Crippen MR) is 93.9 cm³/mol. The van der Waals surface area contributed by atoms with Crippen molar-refractivity contribution >= 4 is 12.0 Å². The summed E-state index contributed by atoms with van der Waals surface area (Å²) in [5.74, 6) is -0.255. The highest BCUT2D eigenvalue weighted by Crippen LogP contribution is 2.19. The summed E-state index contributed by atoms with van der Waals surface area (Å²) in [5.41, 5.74) is 1.75. The lowest BCUT2D eigenvalue weighted by Gasteiger charge is -2.18. The van der Waals surface area contributed by atoms with Gasteiger partial charge < -0.3 is 10.4 Å². The van der Waals surface area contributed by atoms with E-state index in [1.165, 1.54) is 18.2 Å². The number of carbonyl (C=O) groups excluding carboxylic acids is 1. The Hall–Kier alpha value is -3.06. The van der Waals surface area contributed by atoms with Gasteiger partial charge in [0.2, 0.25) is 0 Å². The summed E-state index contributed by atoms with van der Waals surface area (Å²) in [4.78, 5) is 12.5. The van der Waals surface area contributed by atoms with Gasteiger partial charge in [-0.1, -0.05) is 55.8 Å². The molecule has 0 radical (unpaired) electrons. The minimum atomic E-state index is -0.395. The molecule has 4 heteroatoms. The van der Waals surface area contributed by atoms with Crippen molar-refractivity contribution in [3.8, 4) is 11.8 Å². The van der Waals surface area contributed by atoms with Crippen molar-refractivity contribution in [2.45, 2.75) is 25.8 Å². The second-order valence-corrected chi connectivity index (χ2v) is 5.49. The van der Waals surface area contributed by atoms with E-state index in [9.17, 15) is 15.2 Å². The zero-order valence-electron chi connectivity index (χ0n) is 13.6. The van der Waals surface area contributed by atoms with E-state index in [2.05, 4.69) is 12.2 Å². The number of rotatable bonds is 6. The summed E-state index contributed by atoms with van der Waals surface area (Å²) in [5, 5.41) is 21.5. The molecular formula is C20H20N2O2. The van der Waals surface area contributed by atoms with E-state index in [0.29, 0.717) is 5.56 Å². The molecule has 2 N–H and O–H groups in total. The van der Waals surface area contributed by atoms with E-state index in [1.54, 1.807) is 12.1 Å². The zero-order chi connectivity index (χ0) is 17.4. The summed E-state index contributed by atoms with van der Waals surface area (Å²) in [6.45, 7) is 2.06. The van der Waals surface area contributed by atoms with Crippen LogP contribution in [0.3, 0.4) is 0 Å². The van der Waals surface area contributed by atoms with Crippen LogP contribution in [0.2, 0.25) is 0 Å². The number of hydrogen-bond donors (Lipinski definition) is 2. The maximum Gasteiger partial charge on any atom is 0.262 e. The standard InChI is InChI=1S/C20H20N2O2/c1-2-6-19(16-7-4-3-5-8-16)22-20(24)17(14-21)13-15-9-11-18(23)12-10-15/h3-5,7-13,19,23H,2,6H2,1H3,(H,22,24)/b17-13+/t19-/m0/s1. The monoisotopic (exact) mass is 320 g/mol. The van der Waals surface area contributed by atoms with Crippen molar-refractivity contribution in [3.05, 3.63) is 71.3 Å². The van der Waals surface area contributed by atoms with Gasteiger partial charge in [-0.3, -0.25) is 4.79 Å². The summed E-state index contributed by atoms with van der Waals surface area (Å²) in [7, 11) is 0. The average Bonchev–Trinajstić information content (AvgIpc) is 2.61. The van der Waals surface area contributed by atoms with Gasteiger partial charge in [0.25, 0.3) is 5.91 Å². The van der Waals surface area contributed by atoms with Gasteiger partial charge in [-0.15, -0.1) is 0 Å². The minimum Gasteiger partial charge on any atom is -0.508 e. The molecule has 24 heavy (non-hydrogen) atoms. The molecule has 2 aromatic carbocycles. The van der Waals surface area contributed by atoms with Crippen LogP contribution in [0.25, 0.3) is 6.08 Å². The molecule has 4 nitrogen and oxygen atoms in total. The van der Waals surface area contributed by atoms with Gasteiger partial charge in [-0.2, -0.15) is 5.26 Å². The molecule has 0 aromatic heterocycles. The molecule has 122 valence electrons. The summed E-state index contributed by atoms with van der Waals surface area (Å²) in [6.07, 6.45) is 3.24. The first-order valence-corrected chi connectivity index (χ1v) is 7.90. The van der Waals surface area contributed by atoms with E-state index < -0.39 is 5.91 Å². The summed E-state index contributed by atoms with van der Waals surface area (Å²) < 4.78 is 0. The van der Waals surface area contributed by atoms with Gasteiger partial charge in [-0.25, -0.2) is 0 Å². The Balaban J connectivity index is 2.18. The molecular weight excluding hydrogens is 300 g/mol. The molecule has 0 unspecified atom stereocenters. The highest BCUT2D eigenvalue weighted by molar-refractivity contribution is 6.01. The Morgan fingerprint density at radius 2 is 1.88 bits per heavy atom. The molecule has 0 bridgehead atoms. The van der Waals surface area contributed by atoms with Gasteiger partial charge in [0, 0.05) is 0 Å². The van der Waals surface area contributed by atoms with Crippen molar-refractivity contribution in [2.24, 2.45) is 0 Å². The third-order valence-corrected chi connectivity index (χ3v) is 3.65. The molecule has 0 aliphatic rings. The number of amides is 1. The summed E-state index contributed by atoms with van der Waals surface area (Å²) >= 11 is 0. The summed E-state index contributed by atoms with van der Waals surface area (Å²) in [6, 6.07) is 17.9. The molecule has 0 spiro atoms. The highest BCUT2D eigenvalue weighted by atomic mass is 16.3. The van der Waals surface area contributed by atoms with E-state index in [-0.39, 0.29) is 17.4 Å². The van der Waals surface area contributed by atoms with Gasteiger partial charge in [-0.05, 0) is 35.8 Å². The van der Waals surface area contributed by atoms with Crippen LogP contribution in [-0.4, -0.2) is 11.0 Å². The van der Waals surface area contributed by atoms with Crippen LogP contribution in [-0.2, 0) is 4.79 Å². The van der Waals surface area contributed by atoms with Crippen LogP contribution in [0.4, 0.5) is 0 Å². The smallest absolute Gasteiger partial charge is 0.262 e. The number of phenols is 1. The largest absolute Gasteiger partial charge is 0.508 e. The Labute approximate surface area is 142 Å². The first-order chi connectivity index (χ1) is 11.6. The molecule has 1 atom stereocenters. The number of aromatic hydroxyl groups is 1. The Morgan fingerprint density at radius 3 is 2.46 bits per heavy atom. The Morgan fingerprint density at radius 1 is 1.21 bits per heavy atom. The second kappa shape index (κ2) is 8.54. The zero-order valence-corrected chi connectivity index (χ0v) is 13.6. The highest BCUT2D eigenvalue weighted by Gasteiger charge is 2.16. The van der Waals surface area contributed by atoms with Gasteiger partial charge in [0.1, 0.15) is 17.4 Å². The van der Waals surface area contributed by atoms with Crippen molar-refractivity contribution in [2.75, 3.05) is 0 Å². The Kier molecular flexibility index (Phi) is 6.16. The SMILES string of the molecule is CCC[C@H](NC(=O)/C(C#N)=C/c1ccc(O)cc1)c1ccccc1. The first-order valence-electron chi connectivity index (χ1n) is 7.90. The van der Waals surface area contributed by atoms with Crippen LogP contribution >= 0.6 is 0 Å². The normalized spacial score (nSPS) is 12.2. The number of nitrogens with one attached hydrogen (secondary N) is 1. The minimum absolute atomic E-state index is 0.0396. The number of phenolic OH excluding ortho intramolecular Hbond substituents is 1. The van der Waals surface area contributed by atoms with E-state index in [0.717, 1.165) is 18.4 Å². The molecule has 0 aliphatic heterocycles. The van der Waals surface area contributed by atoms with Crippen LogP contribution in [0.5, 0.6) is 5.75 Å². The van der Waals surface area contributed by atoms with Crippen molar-refractivity contribution < 1.29 is 9.90 Å². The molecule has 0 saturated carbocycles. The lowest BCUT2D eigenvalue weighted by molar-refractivity contribution is -0.117. The fourth-order valence-corrected chi connectivity index (χ4v) is 2.42. The fourth-order valence-electron chi connectivity index (χ4n) is 2.42. The molecule has 0 fully saturated rings. The fraction of sp³-hybridized carbons (Fsp3) is 0.200. The van der Waals surface area contributed by atoms with E-state index in [4.69, 9.17) is 0 Å². The van der Waals surface area contributed by atoms with Crippen molar-refractivity contribution in [3.63, 3.8) is 0 Å². The third kappa shape index (κ3) is 4.72. The topological polar surface area (TPSA) is 73.1 Å². The molecule has 2 rings (SSSR count). The molecule has 0 aliphatic carbocycles. The quantitative estimate of drug-likeness (QED) is 0.625. The number of nitriles is 1. The van der Waals surface area contributed by atoms with Crippen LogP contribution in [0.1, 0.15) is 36.9 Å². The third-order valence-electron chi connectivity index (χ3n) is 3.65. The molecule has 2 aromatic rings. The molecule has 0 heterocycles. The van der Waals surface area contributed by atoms with Crippen LogP contribution in [0, 0.1) is 11.3 Å². The lowest BCUT2D eigenvalue weighted by Crippen LogP contribution is -2.29. The van der Waals surface area contributed by atoms with Crippen LogP contribution in [0.15, 0.2) is 60.2 Å². The van der Waals surface area contributed by atoms with E-state index in [1.807, 2.05) is 36.4 Å². The van der Waals surface area contributed by atoms with Crippen molar-refractivity contribution in [1.82, 2.24) is 5.32 Å². The predicted octanol–water partition coefficient (Wildman–Crippen LogP) is 3.96. The number of hydrogen-bond acceptors (Lipinski definition) is 3. The lowest BCUT2D eigenvalue weighted by atomic mass is 10.0. The Bertz CT molecular complexity index is 743. The van der Waals surface area contributed by atoms with Crippen LogP contribution < -0.4 is 5.32 Å². The number of benzene rings is 2. The van der Waals surface area contributed by atoms with E-state index >= 15 is 0 Å². The molecule has 0 saturated heterocycles. The average molecular weight is 320 g/mol.